The first kappa shape index (κ1) is 11.1. The van der Waals surface area contributed by atoms with Crippen LogP contribution in [-0.2, 0) is 0 Å². The van der Waals surface area contributed by atoms with E-state index in [9.17, 15) is 4.79 Å². The molecule has 2 bridgehead atoms. The maximum atomic E-state index is 12.4. The molecule has 2 fully saturated rings. The number of amides is 1. The highest BCUT2D eigenvalue weighted by Crippen LogP contribution is 2.38. The first-order valence-corrected chi connectivity index (χ1v) is 6.48. The largest absolute Gasteiger partial charge is 0.361 e. The van der Waals surface area contributed by atoms with Gasteiger partial charge in [-0.2, -0.15) is 0 Å². The predicted molar refractivity (Wildman–Crippen MR) is 63.1 cm³/mol. The number of carbonyl (C=O) groups excluding carboxylic acids is 1. The summed E-state index contributed by atoms with van der Waals surface area (Å²) >= 11 is 6.20. The highest BCUT2D eigenvalue weighted by Gasteiger charge is 2.43. The molecule has 0 aliphatic carbocycles. The number of halogens is 1. The molecule has 17 heavy (non-hydrogen) atoms. The number of nitrogens with zero attached hydrogens (tertiary/aromatic N) is 2. The molecule has 0 N–H and O–H groups in total. The maximum Gasteiger partial charge on any atom is 0.259 e. The molecular formula is C12H15ClN2O2. The van der Waals surface area contributed by atoms with Gasteiger partial charge in [0.25, 0.3) is 5.91 Å². The summed E-state index contributed by atoms with van der Waals surface area (Å²) < 4.78 is 4.96. The molecule has 0 aromatic carbocycles. The molecule has 2 aliphatic heterocycles. The Morgan fingerprint density at radius 1 is 1.47 bits per heavy atom. The van der Waals surface area contributed by atoms with E-state index in [1.165, 1.54) is 6.20 Å². The molecule has 2 unspecified atom stereocenters. The van der Waals surface area contributed by atoms with Crippen LogP contribution in [0.3, 0.4) is 0 Å². The van der Waals surface area contributed by atoms with E-state index in [4.69, 9.17) is 16.1 Å². The lowest BCUT2D eigenvalue weighted by Gasteiger charge is -2.36. The van der Waals surface area contributed by atoms with Gasteiger partial charge in [-0.3, -0.25) is 4.79 Å². The van der Waals surface area contributed by atoms with E-state index >= 15 is 0 Å². The molecule has 2 aliphatic rings. The van der Waals surface area contributed by atoms with E-state index in [0.717, 1.165) is 25.7 Å². The third-order valence-corrected chi connectivity index (χ3v) is 4.25. The van der Waals surface area contributed by atoms with Gasteiger partial charge in [0.2, 0.25) is 0 Å². The van der Waals surface area contributed by atoms with Crippen molar-refractivity contribution in [2.24, 2.45) is 0 Å². The van der Waals surface area contributed by atoms with Gasteiger partial charge in [-0.05, 0) is 32.6 Å². The average molecular weight is 255 g/mol. The van der Waals surface area contributed by atoms with Crippen molar-refractivity contribution in [2.75, 3.05) is 0 Å². The van der Waals surface area contributed by atoms with Crippen LogP contribution in [0.15, 0.2) is 10.7 Å². The molecule has 4 nitrogen and oxygen atoms in total. The van der Waals surface area contributed by atoms with Crippen LogP contribution in [0.25, 0.3) is 0 Å². The van der Waals surface area contributed by atoms with Gasteiger partial charge in [0.05, 0.1) is 6.20 Å². The summed E-state index contributed by atoms with van der Waals surface area (Å²) in [5.41, 5.74) is 0.593. The lowest BCUT2D eigenvalue weighted by atomic mass is 10.0. The number of carbonyl (C=O) groups is 1. The second-order valence-electron chi connectivity index (χ2n) is 4.96. The maximum absolute atomic E-state index is 12.4. The highest BCUT2D eigenvalue weighted by atomic mass is 35.5. The number of aryl methyl sites for hydroxylation is 1. The Morgan fingerprint density at radius 3 is 2.65 bits per heavy atom. The zero-order valence-corrected chi connectivity index (χ0v) is 10.5. The molecular weight excluding hydrogens is 240 g/mol. The van der Waals surface area contributed by atoms with Crippen molar-refractivity contribution in [2.45, 2.75) is 50.1 Å². The molecule has 5 heteroatoms. The van der Waals surface area contributed by atoms with Crippen LogP contribution in [0, 0.1) is 6.92 Å². The normalized spacial score (nSPS) is 31.9. The Kier molecular flexibility index (Phi) is 2.62. The molecule has 1 amide bonds. The zero-order chi connectivity index (χ0) is 12.0. The number of fused-ring (bicyclic) bond motifs is 2. The molecule has 0 spiro atoms. The van der Waals surface area contributed by atoms with Crippen LogP contribution in [0.2, 0.25) is 0 Å². The van der Waals surface area contributed by atoms with E-state index < -0.39 is 0 Å². The van der Waals surface area contributed by atoms with Crippen LogP contribution in [0.4, 0.5) is 0 Å². The summed E-state index contributed by atoms with van der Waals surface area (Å²) in [4.78, 5) is 14.4. The molecule has 0 saturated carbocycles. The van der Waals surface area contributed by atoms with Gasteiger partial charge in [-0.25, -0.2) is 0 Å². The number of hydrogen-bond acceptors (Lipinski definition) is 3. The Labute approximate surface area is 105 Å². The highest BCUT2D eigenvalue weighted by molar-refractivity contribution is 6.20. The number of piperidine rings is 1. The van der Waals surface area contributed by atoms with Gasteiger partial charge in [0.1, 0.15) is 11.3 Å². The van der Waals surface area contributed by atoms with E-state index in [-0.39, 0.29) is 11.3 Å². The second kappa shape index (κ2) is 4.02. The van der Waals surface area contributed by atoms with E-state index in [1.807, 2.05) is 4.90 Å². The fourth-order valence-electron chi connectivity index (χ4n) is 3.09. The smallest absolute Gasteiger partial charge is 0.259 e. The SMILES string of the molecule is Cc1oncc1C(=O)N1C2CCC1CC(Cl)C2. The first-order valence-electron chi connectivity index (χ1n) is 6.05. The van der Waals surface area contributed by atoms with Crippen molar-refractivity contribution in [3.05, 3.63) is 17.5 Å². The minimum absolute atomic E-state index is 0.0554. The third-order valence-electron chi connectivity index (χ3n) is 3.89. The van der Waals surface area contributed by atoms with Crippen LogP contribution in [-0.4, -0.2) is 33.4 Å². The Balaban J connectivity index is 1.86. The van der Waals surface area contributed by atoms with Crippen molar-refractivity contribution in [3.63, 3.8) is 0 Å². The number of hydrogen-bond donors (Lipinski definition) is 0. The second-order valence-corrected chi connectivity index (χ2v) is 5.58. The first-order chi connectivity index (χ1) is 8.16. The van der Waals surface area contributed by atoms with Gasteiger partial charge in [-0.1, -0.05) is 5.16 Å². The van der Waals surface area contributed by atoms with Crippen LogP contribution >= 0.6 is 11.6 Å². The quantitative estimate of drug-likeness (QED) is 0.723. The van der Waals surface area contributed by atoms with Gasteiger partial charge < -0.3 is 9.42 Å². The van der Waals surface area contributed by atoms with Crippen molar-refractivity contribution in [3.8, 4) is 0 Å². The summed E-state index contributed by atoms with van der Waals surface area (Å²) in [7, 11) is 0. The molecule has 1 aromatic heterocycles. The summed E-state index contributed by atoms with van der Waals surface area (Å²) in [6.45, 7) is 1.77. The molecule has 92 valence electrons. The fourth-order valence-corrected chi connectivity index (χ4v) is 3.50. The average Bonchev–Trinajstić information content (AvgIpc) is 2.81. The minimum atomic E-state index is 0.0554. The summed E-state index contributed by atoms with van der Waals surface area (Å²) in [5.74, 6) is 0.655. The summed E-state index contributed by atoms with van der Waals surface area (Å²) in [5, 5.41) is 3.90. The molecule has 2 saturated heterocycles. The fraction of sp³-hybridized carbons (Fsp3) is 0.667. The molecule has 2 atom stereocenters. The Bertz CT molecular complexity index is 431. The molecule has 1 aromatic rings. The monoisotopic (exact) mass is 254 g/mol. The zero-order valence-electron chi connectivity index (χ0n) is 9.73. The molecule has 3 rings (SSSR count). The van der Waals surface area contributed by atoms with E-state index in [0.29, 0.717) is 23.4 Å². The third kappa shape index (κ3) is 1.75. The lowest BCUT2D eigenvalue weighted by molar-refractivity contribution is 0.0598. The van der Waals surface area contributed by atoms with E-state index in [2.05, 4.69) is 5.16 Å². The molecule has 3 heterocycles. The predicted octanol–water partition coefficient (Wildman–Crippen LogP) is 2.36. The van der Waals surface area contributed by atoms with Gasteiger partial charge in [-0.15, -0.1) is 11.6 Å². The van der Waals surface area contributed by atoms with E-state index in [1.54, 1.807) is 6.92 Å². The number of rotatable bonds is 1. The lowest BCUT2D eigenvalue weighted by Crippen LogP contribution is -2.47. The standard InChI is InChI=1S/C12H15ClN2O2/c1-7-11(6-14-17-7)12(16)15-9-2-3-10(15)5-8(13)4-9/h6,8-10H,2-5H2,1H3. The number of aromatic nitrogens is 1. The van der Waals surface area contributed by atoms with Crippen molar-refractivity contribution >= 4 is 17.5 Å². The summed E-state index contributed by atoms with van der Waals surface area (Å²) in [6.07, 6.45) is 5.49. The number of alkyl halides is 1. The van der Waals surface area contributed by atoms with Crippen LogP contribution in [0.5, 0.6) is 0 Å². The molecule has 0 radical (unpaired) electrons. The van der Waals surface area contributed by atoms with Gasteiger partial charge in [0, 0.05) is 17.5 Å². The topological polar surface area (TPSA) is 46.3 Å². The van der Waals surface area contributed by atoms with Crippen LogP contribution in [0.1, 0.15) is 41.8 Å². The van der Waals surface area contributed by atoms with Crippen molar-refractivity contribution in [1.29, 1.82) is 0 Å². The Hall–Kier alpha value is -1.03. The van der Waals surface area contributed by atoms with Crippen molar-refractivity contribution < 1.29 is 9.32 Å². The Morgan fingerprint density at radius 2 is 2.12 bits per heavy atom. The van der Waals surface area contributed by atoms with Gasteiger partial charge >= 0.3 is 0 Å². The minimum Gasteiger partial charge on any atom is -0.361 e. The summed E-state index contributed by atoms with van der Waals surface area (Å²) in [6, 6.07) is 0.607. The van der Waals surface area contributed by atoms with Crippen LogP contribution < -0.4 is 0 Å². The van der Waals surface area contributed by atoms with Gasteiger partial charge in [0.15, 0.2) is 0 Å². The van der Waals surface area contributed by atoms with Crippen molar-refractivity contribution in [1.82, 2.24) is 10.1 Å².